The zero-order valence-electron chi connectivity index (χ0n) is 20.1. The average Bonchev–Trinajstić information content (AvgIpc) is 3.31. The average molecular weight is 420 g/mol. The topological polar surface area (TPSA) is 41.6 Å². The Morgan fingerprint density at radius 2 is 2.00 bits per heavy atom. The Kier molecular flexibility index (Phi) is 5.35. The van der Waals surface area contributed by atoms with Crippen LogP contribution in [0.3, 0.4) is 0 Å². The fourth-order valence-electron chi connectivity index (χ4n) is 8.90. The van der Waals surface area contributed by atoms with E-state index in [4.69, 9.17) is 5.26 Å². The van der Waals surface area contributed by atoms with Crippen molar-refractivity contribution in [1.82, 2.24) is 9.78 Å². The Morgan fingerprint density at radius 3 is 2.77 bits per heavy atom. The molecule has 8 atom stereocenters. The van der Waals surface area contributed by atoms with Gasteiger partial charge in [0, 0.05) is 12.7 Å². The molecule has 4 aliphatic rings. The highest BCUT2D eigenvalue weighted by molar-refractivity contribution is 5.24. The van der Waals surface area contributed by atoms with Gasteiger partial charge in [0.1, 0.15) is 6.07 Å². The summed E-state index contributed by atoms with van der Waals surface area (Å²) in [6.45, 7) is 11.1. The van der Waals surface area contributed by atoms with Crippen molar-refractivity contribution < 1.29 is 0 Å². The number of aromatic nitrogens is 2. The minimum atomic E-state index is 0.474. The highest BCUT2D eigenvalue weighted by Gasteiger charge is 2.58. The van der Waals surface area contributed by atoms with Crippen LogP contribution in [0.1, 0.15) is 91.0 Å². The zero-order chi connectivity index (χ0) is 21.8. The molecule has 0 saturated heterocycles. The van der Waals surface area contributed by atoms with E-state index in [2.05, 4.69) is 44.9 Å². The van der Waals surface area contributed by atoms with Gasteiger partial charge in [0.2, 0.25) is 0 Å². The normalized spacial score (nSPS) is 43.1. The number of nitrogens with zero attached hydrogens (tertiary/aromatic N) is 3. The van der Waals surface area contributed by atoms with Gasteiger partial charge in [0.05, 0.1) is 11.8 Å². The van der Waals surface area contributed by atoms with E-state index in [1.165, 1.54) is 57.8 Å². The van der Waals surface area contributed by atoms with Gasteiger partial charge in [-0.05, 0) is 104 Å². The molecule has 5 rings (SSSR count). The summed E-state index contributed by atoms with van der Waals surface area (Å²) in [6.07, 6.45) is 18.9. The molecule has 0 aromatic carbocycles. The fourth-order valence-corrected chi connectivity index (χ4v) is 8.90. The number of allylic oxidation sites excluding steroid dienone is 2. The maximum Gasteiger partial charge on any atom is 0.102 e. The van der Waals surface area contributed by atoms with Crippen molar-refractivity contribution >= 4 is 0 Å². The number of fused-ring (bicyclic) bond motifs is 5. The highest BCUT2D eigenvalue weighted by atomic mass is 15.3. The largest absolute Gasteiger partial charge is 0.271 e. The van der Waals surface area contributed by atoms with Crippen LogP contribution in [-0.2, 0) is 6.54 Å². The first-order valence-corrected chi connectivity index (χ1v) is 13.0. The van der Waals surface area contributed by atoms with E-state index in [0.29, 0.717) is 22.3 Å². The van der Waals surface area contributed by atoms with Crippen LogP contribution in [0.25, 0.3) is 0 Å². The van der Waals surface area contributed by atoms with Gasteiger partial charge >= 0.3 is 0 Å². The molecule has 3 nitrogen and oxygen atoms in total. The molecule has 3 heteroatoms. The van der Waals surface area contributed by atoms with Gasteiger partial charge in [-0.2, -0.15) is 10.4 Å². The Labute approximate surface area is 189 Å². The third-order valence-corrected chi connectivity index (χ3v) is 10.7. The van der Waals surface area contributed by atoms with Gasteiger partial charge in [-0.15, -0.1) is 0 Å². The van der Waals surface area contributed by atoms with E-state index < -0.39 is 0 Å². The molecule has 0 amide bonds. The van der Waals surface area contributed by atoms with Crippen molar-refractivity contribution in [2.24, 2.45) is 46.3 Å². The second-order valence-electron chi connectivity index (χ2n) is 12.2. The number of hydrogen-bond acceptors (Lipinski definition) is 2. The van der Waals surface area contributed by atoms with Crippen molar-refractivity contribution in [3.63, 3.8) is 0 Å². The second kappa shape index (κ2) is 7.79. The molecule has 4 aliphatic carbocycles. The minimum Gasteiger partial charge on any atom is -0.271 e. The van der Waals surface area contributed by atoms with Crippen molar-refractivity contribution in [1.29, 1.82) is 5.26 Å². The van der Waals surface area contributed by atoms with Crippen molar-refractivity contribution in [2.45, 2.75) is 92.0 Å². The van der Waals surface area contributed by atoms with Gasteiger partial charge < -0.3 is 0 Å². The highest BCUT2D eigenvalue weighted by Crippen LogP contribution is 2.67. The van der Waals surface area contributed by atoms with Crippen LogP contribution < -0.4 is 0 Å². The van der Waals surface area contributed by atoms with Crippen LogP contribution in [0.5, 0.6) is 0 Å². The summed E-state index contributed by atoms with van der Waals surface area (Å²) >= 11 is 0. The Hall–Kier alpha value is -1.56. The van der Waals surface area contributed by atoms with Crippen LogP contribution in [0.15, 0.2) is 24.0 Å². The summed E-state index contributed by atoms with van der Waals surface area (Å²) in [5.74, 6) is 4.99. The number of rotatable bonds is 3. The van der Waals surface area contributed by atoms with Crippen LogP contribution in [0.2, 0.25) is 0 Å². The lowest BCUT2D eigenvalue weighted by Gasteiger charge is -2.57. The van der Waals surface area contributed by atoms with Gasteiger partial charge in [-0.25, -0.2) is 0 Å². The minimum absolute atomic E-state index is 0.474. The van der Waals surface area contributed by atoms with Crippen LogP contribution in [0, 0.1) is 57.7 Å². The molecule has 2 unspecified atom stereocenters. The molecule has 3 saturated carbocycles. The molecular weight excluding hydrogens is 378 g/mol. The molecular formula is C28H41N3. The smallest absolute Gasteiger partial charge is 0.102 e. The van der Waals surface area contributed by atoms with E-state index >= 15 is 0 Å². The van der Waals surface area contributed by atoms with Crippen LogP contribution in [-0.4, -0.2) is 9.78 Å². The lowest BCUT2D eigenvalue weighted by atomic mass is 9.48. The van der Waals surface area contributed by atoms with Crippen LogP contribution in [0.4, 0.5) is 0 Å². The van der Waals surface area contributed by atoms with E-state index in [9.17, 15) is 0 Å². The third-order valence-electron chi connectivity index (χ3n) is 10.7. The fraction of sp³-hybridized carbons (Fsp3) is 0.786. The Balaban J connectivity index is 1.35. The monoisotopic (exact) mass is 419 g/mol. The summed E-state index contributed by atoms with van der Waals surface area (Å²) < 4.78 is 2.01. The van der Waals surface area contributed by atoms with Gasteiger partial charge in [0.15, 0.2) is 0 Å². The molecule has 31 heavy (non-hydrogen) atoms. The van der Waals surface area contributed by atoms with Crippen molar-refractivity contribution in [2.75, 3.05) is 0 Å². The molecule has 0 N–H and O–H groups in total. The molecule has 0 bridgehead atoms. The lowest BCUT2D eigenvalue weighted by molar-refractivity contribution is -0.0469. The SMILES string of the molecule is C[C@@H]1CCC2=CC[C@@H]3C(CC[C@@]4(C)C3CC[C@@H]4[C@H](C)Cn3cc(C#N)cn3)[C@@]2(C)CC1. The first kappa shape index (κ1) is 21.3. The van der Waals surface area contributed by atoms with E-state index in [0.717, 1.165) is 36.1 Å². The zero-order valence-corrected chi connectivity index (χ0v) is 20.1. The summed E-state index contributed by atoms with van der Waals surface area (Å²) in [7, 11) is 0. The first-order chi connectivity index (χ1) is 14.8. The molecule has 0 aliphatic heterocycles. The summed E-state index contributed by atoms with van der Waals surface area (Å²) in [5.41, 5.74) is 3.46. The Morgan fingerprint density at radius 1 is 1.16 bits per heavy atom. The van der Waals surface area contributed by atoms with Crippen molar-refractivity contribution in [3.8, 4) is 6.07 Å². The molecule has 1 aromatic heterocycles. The van der Waals surface area contributed by atoms with Gasteiger partial charge in [-0.3, -0.25) is 4.68 Å². The van der Waals surface area contributed by atoms with Gasteiger partial charge in [0.25, 0.3) is 0 Å². The maximum atomic E-state index is 9.13. The van der Waals surface area contributed by atoms with E-state index in [-0.39, 0.29) is 0 Å². The summed E-state index contributed by atoms with van der Waals surface area (Å²) in [4.78, 5) is 0. The van der Waals surface area contributed by atoms with E-state index in [1.54, 1.807) is 6.20 Å². The molecule has 168 valence electrons. The molecule has 1 aromatic rings. The van der Waals surface area contributed by atoms with Gasteiger partial charge in [-0.1, -0.05) is 39.3 Å². The van der Waals surface area contributed by atoms with E-state index in [1.807, 2.05) is 16.5 Å². The molecule has 0 radical (unpaired) electrons. The lowest BCUT2D eigenvalue weighted by Crippen LogP contribution is -2.49. The number of nitriles is 1. The predicted molar refractivity (Wildman–Crippen MR) is 125 cm³/mol. The number of hydrogen-bond donors (Lipinski definition) is 0. The second-order valence-corrected chi connectivity index (χ2v) is 12.2. The standard InChI is InChI=1S/C28H41N3/c1-19-5-6-22-7-8-23-25-10-9-24(20(2)17-31-18-21(15-29)16-30-31)28(25,4)14-12-26(23)27(22,3)13-11-19/h7,16,18-20,23-26H,5-6,8-14,17H2,1-4H3/t19-,20-,23+,24-,25?,26?,27+,28-/m1/s1. The molecule has 3 fully saturated rings. The summed E-state index contributed by atoms with van der Waals surface area (Å²) in [5, 5.41) is 13.6. The Bertz CT molecular complexity index is 890. The quantitative estimate of drug-likeness (QED) is 0.495. The molecule has 1 heterocycles. The summed E-state index contributed by atoms with van der Waals surface area (Å²) in [6, 6.07) is 2.22. The van der Waals surface area contributed by atoms with Crippen molar-refractivity contribution in [3.05, 3.63) is 29.6 Å². The third kappa shape index (κ3) is 3.40. The maximum absolute atomic E-state index is 9.13. The first-order valence-electron chi connectivity index (χ1n) is 13.0. The predicted octanol–water partition coefficient (Wildman–Crippen LogP) is 7.00. The van der Waals surface area contributed by atoms with Crippen LogP contribution >= 0.6 is 0 Å². The molecule has 0 spiro atoms.